The molecule has 0 radical (unpaired) electrons. The third-order valence-electron chi connectivity index (χ3n) is 5.00. The van der Waals surface area contributed by atoms with Gasteiger partial charge < -0.3 is 10.8 Å². The summed E-state index contributed by atoms with van der Waals surface area (Å²) in [4.78, 5) is 0. The predicted octanol–water partition coefficient (Wildman–Crippen LogP) is 2.72. The van der Waals surface area contributed by atoms with Crippen molar-refractivity contribution in [2.75, 3.05) is 0 Å². The molecule has 3 N–H and O–H groups in total. The largest absolute Gasteiger partial charge is 0.508 e. The molecule has 1 aromatic carbocycles. The molecule has 2 nitrogen and oxygen atoms in total. The molecule has 0 spiro atoms. The lowest BCUT2D eigenvalue weighted by molar-refractivity contribution is 0.251. The maximum absolute atomic E-state index is 10.1. The van der Waals surface area contributed by atoms with E-state index in [1.807, 2.05) is 12.1 Å². The monoisotopic (exact) mass is 231 g/mol. The molecular weight excluding hydrogens is 210 g/mol. The minimum atomic E-state index is 0.0630. The van der Waals surface area contributed by atoms with Crippen molar-refractivity contribution < 1.29 is 5.11 Å². The van der Waals surface area contributed by atoms with Crippen LogP contribution in [0.1, 0.15) is 43.7 Å². The third kappa shape index (κ3) is 1.50. The lowest BCUT2D eigenvalue weighted by atomic mass is 9.63. The Morgan fingerprint density at radius 2 is 2.18 bits per heavy atom. The van der Waals surface area contributed by atoms with Gasteiger partial charge in [-0.05, 0) is 42.4 Å². The number of rotatable bonds is 0. The van der Waals surface area contributed by atoms with Gasteiger partial charge in [-0.3, -0.25) is 0 Å². The Morgan fingerprint density at radius 1 is 1.35 bits per heavy atom. The van der Waals surface area contributed by atoms with Crippen LogP contribution in [-0.2, 0) is 11.8 Å². The lowest BCUT2D eigenvalue weighted by Gasteiger charge is -2.44. The highest BCUT2D eigenvalue weighted by Crippen LogP contribution is 2.48. The summed E-state index contributed by atoms with van der Waals surface area (Å²) in [6, 6.07) is 6.18. The standard InChI is InChI=1S/C15H21NO/c1-15-8-3-2-5-10(14(15)16)9-11-12(15)6-4-7-13(11)17/h4,6-7,10,14,17H,2-3,5,8-9,16H2,1H3/t10?,14?,15-/m0/s1. The minimum Gasteiger partial charge on any atom is -0.508 e. The van der Waals surface area contributed by atoms with E-state index in [0.717, 1.165) is 18.4 Å². The molecule has 2 bridgehead atoms. The SMILES string of the molecule is C[C@]12CCCCC(Cc3c(O)cccc31)C2N. The van der Waals surface area contributed by atoms with Gasteiger partial charge in [-0.15, -0.1) is 0 Å². The Bertz CT molecular complexity index is 443. The Balaban J connectivity index is 2.19. The first kappa shape index (κ1) is 11.1. The number of hydrogen-bond acceptors (Lipinski definition) is 2. The molecule has 3 rings (SSSR count). The van der Waals surface area contributed by atoms with Gasteiger partial charge in [-0.25, -0.2) is 0 Å². The Morgan fingerprint density at radius 3 is 3.00 bits per heavy atom. The molecule has 0 heterocycles. The van der Waals surface area contributed by atoms with Gasteiger partial charge in [-0.1, -0.05) is 31.9 Å². The molecule has 0 aliphatic heterocycles. The smallest absolute Gasteiger partial charge is 0.119 e. The molecule has 17 heavy (non-hydrogen) atoms. The van der Waals surface area contributed by atoms with Crippen molar-refractivity contribution in [1.29, 1.82) is 0 Å². The molecule has 2 unspecified atom stereocenters. The molecule has 2 aliphatic carbocycles. The van der Waals surface area contributed by atoms with E-state index < -0.39 is 0 Å². The van der Waals surface area contributed by atoms with Crippen molar-refractivity contribution in [3.63, 3.8) is 0 Å². The van der Waals surface area contributed by atoms with E-state index in [0.29, 0.717) is 11.7 Å². The summed E-state index contributed by atoms with van der Waals surface area (Å²) in [5.74, 6) is 1.01. The van der Waals surface area contributed by atoms with Crippen LogP contribution < -0.4 is 5.73 Å². The molecule has 2 aliphatic rings. The van der Waals surface area contributed by atoms with E-state index in [-0.39, 0.29) is 11.5 Å². The van der Waals surface area contributed by atoms with Gasteiger partial charge in [0.2, 0.25) is 0 Å². The maximum Gasteiger partial charge on any atom is 0.119 e. The Hall–Kier alpha value is -1.02. The normalized spacial score (nSPS) is 36.1. The summed E-state index contributed by atoms with van der Waals surface area (Å²) in [6.45, 7) is 2.29. The van der Waals surface area contributed by atoms with Gasteiger partial charge in [0, 0.05) is 11.5 Å². The van der Waals surface area contributed by atoms with E-state index in [2.05, 4.69) is 13.0 Å². The van der Waals surface area contributed by atoms with Crippen molar-refractivity contribution in [3.8, 4) is 5.75 Å². The molecule has 0 amide bonds. The van der Waals surface area contributed by atoms with E-state index in [1.54, 1.807) is 0 Å². The molecule has 1 aromatic rings. The first-order valence-corrected chi connectivity index (χ1v) is 6.70. The molecular formula is C15H21NO. The van der Waals surface area contributed by atoms with Gasteiger partial charge in [0.25, 0.3) is 0 Å². The highest BCUT2D eigenvalue weighted by Gasteiger charge is 2.45. The molecule has 0 saturated heterocycles. The van der Waals surface area contributed by atoms with Gasteiger partial charge >= 0.3 is 0 Å². The second-order valence-electron chi connectivity index (χ2n) is 5.96. The summed E-state index contributed by atoms with van der Waals surface area (Å²) in [5, 5.41) is 10.1. The van der Waals surface area contributed by atoms with Crippen LogP contribution in [0.4, 0.5) is 0 Å². The van der Waals surface area contributed by atoms with E-state index in [9.17, 15) is 5.11 Å². The number of aromatic hydroxyl groups is 1. The molecule has 1 saturated carbocycles. The third-order valence-corrected chi connectivity index (χ3v) is 5.00. The summed E-state index contributed by atoms with van der Waals surface area (Å²) in [7, 11) is 0. The second-order valence-corrected chi connectivity index (χ2v) is 5.96. The highest BCUT2D eigenvalue weighted by molar-refractivity contribution is 5.47. The summed E-state index contributed by atoms with van der Waals surface area (Å²) in [6.07, 6.45) is 5.86. The molecule has 92 valence electrons. The first-order chi connectivity index (χ1) is 8.13. The molecule has 3 atom stereocenters. The fourth-order valence-electron chi connectivity index (χ4n) is 3.89. The van der Waals surface area contributed by atoms with Gasteiger partial charge in [-0.2, -0.15) is 0 Å². The molecule has 0 aromatic heterocycles. The van der Waals surface area contributed by atoms with Gasteiger partial charge in [0.05, 0.1) is 0 Å². The van der Waals surface area contributed by atoms with Crippen LogP contribution in [0, 0.1) is 5.92 Å². The zero-order valence-electron chi connectivity index (χ0n) is 10.4. The number of benzene rings is 1. The van der Waals surface area contributed by atoms with Crippen LogP contribution in [0.2, 0.25) is 0 Å². The Kier molecular flexibility index (Phi) is 2.44. The van der Waals surface area contributed by atoms with Gasteiger partial charge in [0.1, 0.15) is 5.75 Å². The fraction of sp³-hybridized carbons (Fsp3) is 0.600. The van der Waals surface area contributed by atoms with E-state index >= 15 is 0 Å². The average molecular weight is 231 g/mol. The topological polar surface area (TPSA) is 46.2 Å². The fourth-order valence-corrected chi connectivity index (χ4v) is 3.89. The second kappa shape index (κ2) is 3.74. The quantitative estimate of drug-likeness (QED) is 0.721. The lowest BCUT2D eigenvalue weighted by Crippen LogP contribution is -2.51. The zero-order valence-corrected chi connectivity index (χ0v) is 10.4. The van der Waals surface area contributed by atoms with Crippen molar-refractivity contribution in [3.05, 3.63) is 29.3 Å². The van der Waals surface area contributed by atoms with Crippen LogP contribution in [0.25, 0.3) is 0 Å². The van der Waals surface area contributed by atoms with Crippen LogP contribution in [0.15, 0.2) is 18.2 Å². The van der Waals surface area contributed by atoms with Crippen LogP contribution in [0.5, 0.6) is 5.75 Å². The molecule has 1 fully saturated rings. The summed E-state index contributed by atoms with van der Waals surface area (Å²) < 4.78 is 0. The van der Waals surface area contributed by atoms with Crippen molar-refractivity contribution in [1.82, 2.24) is 0 Å². The number of hydrogen-bond donors (Lipinski definition) is 2. The zero-order chi connectivity index (χ0) is 12.0. The Labute approximate surface area is 103 Å². The summed E-state index contributed by atoms with van der Waals surface area (Å²) >= 11 is 0. The predicted molar refractivity (Wildman–Crippen MR) is 69.1 cm³/mol. The molecule has 2 heteroatoms. The summed E-state index contributed by atoms with van der Waals surface area (Å²) in [5.41, 5.74) is 9.02. The van der Waals surface area contributed by atoms with Crippen LogP contribution >= 0.6 is 0 Å². The maximum atomic E-state index is 10.1. The van der Waals surface area contributed by atoms with Gasteiger partial charge in [0.15, 0.2) is 0 Å². The average Bonchev–Trinajstić information content (AvgIpc) is 2.41. The van der Waals surface area contributed by atoms with Crippen molar-refractivity contribution >= 4 is 0 Å². The first-order valence-electron chi connectivity index (χ1n) is 6.70. The minimum absolute atomic E-state index is 0.0630. The van der Waals surface area contributed by atoms with Crippen molar-refractivity contribution in [2.24, 2.45) is 11.7 Å². The number of phenolic OH excluding ortho intramolecular Hbond substituents is 1. The highest BCUT2D eigenvalue weighted by atomic mass is 16.3. The number of phenols is 1. The van der Waals surface area contributed by atoms with E-state index in [1.165, 1.54) is 24.8 Å². The number of nitrogens with two attached hydrogens (primary N) is 1. The van der Waals surface area contributed by atoms with Crippen LogP contribution in [-0.4, -0.2) is 11.1 Å². The van der Waals surface area contributed by atoms with Crippen LogP contribution in [0.3, 0.4) is 0 Å². The van der Waals surface area contributed by atoms with Crippen molar-refractivity contribution in [2.45, 2.75) is 50.5 Å². The van der Waals surface area contributed by atoms with E-state index in [4.69, 9.17) is 5.73 Å². The number of fused-ring (bicyclic) bond motifs is 4.